The van der Waals surface area contributed by atoms with Crippen molar-refractivity contribution in [2.45, 2.75) is 6.54 Å². The summed E-state index contributed by atoms with van der Waals surface area (Å²) < 4.78 is 19.2. The highest BCUT2D eigenvalue weighted by Crippen LogP contribution is 2.14. The van der Waals surface area contributed by atoms with Crippen molar-refractivity contribution in [3.63, 3.8) is 0 Å². The average molecular weight is 303 g/mol. The molecule has 1 aromatic heterocycles. The van der Waals surface area contributed by atoms with E-state index in [1.54, 1.807) is 0 Å². The van der Waals surface area contributed by atoms with Crippen LogP contribution in [-0.4, -0.2) is 16.4 Å². The molecular formula is C12H9Cl2FN2O2. The van der Waals surface area contributed by atoms with Gasteiger partial charge in [0.1, 0.15) is 23.2 Å². The molecule has 0 spiro atoms. The van der Waals surface area contributed by atoms with Crippen LogP contribution in [0, 0.1) is 5.82 Å². The zero-order valence-electron chi connectivity index (χ0n) is 9.65. The molecule has 7 heteroatoms. The van der Waals surface area contributed by atoms with Gasteiger partial charge in [0.15, 0.2) is 0 Å². The second-order valence-corrected chi connectivity index (χ2v) is 4.42. The van der Waals surface area contributed by atoms with Gasteiger partial charge in [0.25, 0.3) is 5.56 Å². The van der Waals surface area contributed by atoms with E-state index < -0.39 is 5.56 Å². The molecular weight excluding hydrogens is 294 g/mol. The molecule has 0 fully saturated rings. The molecule has 0 atom stereocenters. The van der Waals surface area contributed by atoms with E-state index in [1.807, 2.05) is 0 Å². The minimum absolute atomic E-state index is 0.0709. The summed E-state index contributed by atoms with van der Waals surface area (Å²) in [5.74, 6) is 0.171. The molecule has 2 rings (SSSR count). The van der Waals surface area contributed by atoms with Crippen LogP contribution in [0.2, 0.25) is 10.0 Å². The SMILES string of the molecule is O=c1c(Cl)c(Cl)cnn1CCOc1ccc(F)cc1. The average Bonchev–Trinajstić information content (AvgIpc) is 2.41. The number of aromatic nitrogens is 2. The van der Waals surface area contributed by atoms with Crippen molar-refractivity contribution in [1.82, 2.24) is 9.78 Å². The van der Waals surface area contributed by atoms with Gasteiger partial charge < -0.3 is 4.74 Å². The maximum absolute atomic E-state index is 12.7. The van der Waals surface area contributed by atoms with Crippen molar-refractivity contribution in [3.8, 4) is 5.75 Å². The Balaban J connectivity index is 1.98. The van der Waals surface area contributed by atoms with Gasteiger partial charge in [-0.25, -0.2) is 9.07 Å². The fraction of sp³-hybridized carbons (Fsp3) is 0.167. The monoisotopic (exact) mass is 302 g/mol. The molecule has 2 aromatic rings. The predicted molar refractivity (Wildman–Crippen MR) is 70.4 cm³/mol. The minimum Gasteiger partial charge on any atom is -0.492 e. The van der Waals surface area contributed by atoms with Gasteiger partial charge in [0, 0.05) is 0 Å². The third kappa shape index (κ3) is 3.45. The van der Waals surface area contributed by atoms with E-state index in [9.17, 15) is 9.18 Å². The number of hydrogen-bond acceptors (Lipinski definition) is 3. The van der Waals surface area contributed by atoms with Crippen molar-refractivity contribution >= 4 is 23.2 Å². The Kier molecular flexibility index (Phi) is 4.39. The van der Waals surface area contributed by atoms with Crippen LogP contribution in [0.5, 0.6) is 5.75 Å². The predicted octanol–water partition coefficient (Wildman–Crippen LogP) is 2.77. The molecule has 100 valence electrons. The fourth-order valence-electron chi connectivity index (χ4n) is 1.39. The Morgan fingerprint density at radius 2 is 1.95 bits per heavy atom. The maximum atomic E-state index is 12.7. The van der Waals surface area contributed by atoms with Crippen LogP contribution in [0.3, 0.4) is 0 Å². The number of ether oxygens (including phenoxy) is 1. The van der Waals surface area contributed by atoms with Crippen LogP contribution in [0.4, 0.5) is 4.39 Å². The second-order valence-electron chi connectivity index (χ2n) is 3.64. The molecule has 0 N–H and O–H groups in total. The zero-order valence-corrected chi connectivity index (χ0v) is 11.2. The molecule has 0 aliphatic heterocycles. The highest BCUT2D eigenvalue weighted by molar-refractivity contribution is 6.41. The van der Waals surface area contributed by atoms with Gasteiger partial charge in [0.2, 0.25) is 0 Å². The highest BCUT2D eigenvalue weighted by Gasteiger charge is 2.07. The van der Waals surface area contributed by atoms with E-state index in [2.05, 4.69) is 5.10 Å². The summed E-state index contributed by atoms with van der Waals surface area (Å²) >= 11 is 11.4. The molecule has 1 heterocycles. The Morgan fingerprint density at radius 1 is 1.26 bits per heavy atom. The Hall–Kier alpha value is -1.59. The van der Waals surface area contributed by atoms with Gasteiger partial charge in [-0.05, 0) is 24.3 Å². The third-order valence-corrected chi connectivity index (χ3v) is 3.08. The first kappa shape index (κ1) is 13.8. The molecule has 19 heavy (non-hydrogen) atoms. The second kappa shape index (κ2) is 6.04. The quantitative estimate of drug-likeness (QED) is 0.872. The first-order valence-electron chi connectivity index (χ1n) is 5.37. The summed E-state index contributed by atoms with van der Waals surface area (Å²) in [6.45, 7) is 0.420. The number of halogens is 3. The van der Waals surface area contributed by atoms with Gasteiger partial charge in [-0.15, -0.1) is 0 Å². The van der Waals surface area contributed by atoms with Gasteiger partial charge in [-0.3, -0.25) is 4.79 Å². The molecule has 1 aromatic carbocycles. The zero-order chi connectivity index (χ0) is 13.8. The Morgan fingerprint density at radius 3 is 2.63 bits per heavy atom. The Labute approximate surface area is 118 Å². The van der Waals surface area contributed by atoms with Crippen LogP contribution in [-0.2, 0) is 6.54 Å². The lowest BCUT2D eigenvalue weighted by Crippen LogP contribution is -2.25. The molecule has 0 amide bonds. The van der Waals surface area contributed by atoms with E-state index in [-0.39, 0.29) is 29.0 Å². The lowest BCUT2D eigenvalue weighted by atomic mass is 10.3. The van der Waals surface area contributed by atoms with Crippen LogP contribution < -0.4 is 10.3 Å². The topological polar surface area (TPSA) is 44.1 Å². The third-order valence-electron chi connectivity index (χ3n) is 2.33. The number of benzene rings is 1. The smallest absolute Gasteiger partial charge is 0.287 e. The standard InChI is InChI=1S/C12H9Cl2FN2O2/c13-10-7-16-17(12(18)11(10)14)5-6-19-9-3-1-8(15)2-4-9/h1-4,7H,5-6H2. The highest BCUT2D eigenvalue weighted by atomic mass is 35.5. The number of hydrogen-bond donors (Lipinski definition) is 0. The molecule has 0 saturated carbocycles. The first-order valence-corrected chi connectivity index (χ1v) is 6.13. The van der Waals surface area contributed by atoms with Gasteiger partial charge in [-0.1, -0.05) is 23.2 Å². The number of rotatable bonds is 4. The normalized spacial score (nSPS) is 10.5. The maximum Gasteiger partial charge on any atom is 0.287 e. The van der Waals surface area contributed by atoms with E-state index in [0.717, 1.165) is 4.68 Å². The molecule has 0 bridgehead atoms. The summed E-state index contributed by atoms with van der Waals surface area (Å²) in [4.78, 5) is 11.7. The molecule has 4 nitrogen and oxygen atoms in total. The fourth-order valence-corrected chi connectivity index (χ4v) is 1.66. The summed E-state index contributed by atoms with van der Waals surface area (Å²) in [7, 11) is 0. The molecule has 0 saturated heterocycles. The molecule has 0 aliphatic carbocycles. The van der Waals surface area contributed by atoms with Crippen LogP contribution in [0.25, 0.3) is 0 Å². The van der Waals surface area contributed by atoms with Gasteiger partial charge in [-0.2, -0.15) is 5.10 Å². The summed E-state index contributed by atoms with van der Waals surface area (Å²) in [6.07, 6.45) is 1.29. The van der Waals surface area contributed by atoms with Crippen molar-refractivity contribution < 1.29 is 9.13 Å². The van der Waals surface area contributed by atoms with E-state index in [0.29, 0.717) is 5.75 Å². The number of nitrogens with zero attached hydrogens (tertiary/aromatic N) is 2. The minimum atomic E-state index is -0.475. The molecule has 0 aliphatic rings. The van der Waals surface area contributed by atoms with Crippen molar-refractivity contribution in [2.75, 3.05) is 6.61 Å². The lowest BCUT2D eigenvalue weighted by Gasteiger charge is -2.07. The molecule has 0 unspecified atom stereocenters. The summed E-state index contributed by atoms with van der Waals surface area (Å²) in [5, 5.41) is 3.87. The molecule has 0 radical (unpaired) electrons. The summed E-state index contributed by atoms with van der Waals surface area (Å²) in [6, 6.07) is 5.58. The van der Waals surface area contributed by atoms with Crippen molar-refractivity contribution in [2.24, 2.45) is 0 Å². The van der Waals surface area contributed by atoms with Gasteiger partial charge >= 0.3 is 0 Å². The van der Waals surface area contributed by atoms with Crippen molar-refractivity contribution in [1.29, 1.82) is 0 Å². The lowest BCUT2D eigenvalue weighted by molar-refractivity contribution is 0.287. The van der Waals surface area contributed by atoms with E-state index in [1.165, 1.54) is 30.5 Å². The van der Waals surface area contributed by atoms with Crippen LogP contribution >= 0.6 is 23.2 Å². The van der Waals surface area contributed by atoms with E-state index in [4.69, 9.17) is 27.9 Å². The van der Waals surface area contributed by atoms with Crippen LogP contribution in [0.15, 0.2) is 35.3 Å². The van der Waals surface area contributed by atoms with Gasteiger partial charge in [0.05, 0.1) is 17.8 Å². The van der Waals surface area contributed by atoms with Crippen LogP contribution in [0.1, 0.15) is 0 Å². The first-order chi connectivity index (χ1) is 9.08. The van der Waals surface area contributed by atoms with E-state index >= 15 is 0 Å². The summed E-state index contributed by atoms with van der Waals surface area (Å²) in [5.41, 5.74) is -0.475. The largest absolute Gasteiger partial charge is 0.492 e. The van der Waals surface area contributed by atoms with Crippen molar-refractivity contribution in [3.05, 3.63) is 56.7 Å². The Bertz CT molecular complexity index is 629.